The second-order valence-corrected chi connectivity index (χ2v) is 16.6. The van der Waals surface area contributed by atoms with Gasteiger partial charge in [0.25, 0.3) is 0 Å². The molecule has 0 spiro atoms. The molecule has 0 N–H and O–H groups in total. The molecule has 0 saturated heterocycles. The Kier molecular flexibility index (Phi) is 6.48. The highest BCUT2D eigenvalue weighted by Crippen LogP contribution is 2.53. The van der Waals surface area contributed by atoms with Crippen molar-refractivity contribution in [3.8, 4) is 33.9 Å². The SMILES string of the molecule is CC1(C)c2ccccc2-c2cccc(-c3nc4ccccc4nc3-n3c4cc(-n5c6ccccc6c6cc7ccccc7cc65)ccc4c4c5ccccc5ccc43)c21. The molecule has 1 aliphatic carbocycles. The first kappa shape index (κ1) is 32.5. The molecule has 1 aliphatic rings. The van der Waals surface area contributed by atoms with E-state index in [9.17, 15) is 0 Å². The number of para-hydroxylation sites is 3. The molecule has 0 unspecified atom stereocenters. The molecular weight excluding hydrogens is 717 g/mol. The topological polar surface area (TPSA) is 35.6 Å². The van der Waals surface area contributed by atoms with Crippen LogP contribution in [-0.4, -0.2) is 19.1 Å². The molecule has 4 nitrogen and oxygen atoms in total. The number of benzene rings is 9. The summed E-state index contributed by atoms with van der Waals surface area (Å²) >= 11 is 0. The molecule has 0 saturated carbocycles. The molecule has 9 aromatic carbocycles. The summed E-state index contributed by atoms with van der Waals surface area (Å²) in [6.45, 7) is 4.70. The summed E-state index contributed by atoms with van der Waals surface area (Å²) in [7, 11) is 0. The van der Waals surface area contributed by atoms with Gasteiger partial charge in [-0.25, -0.2) is 9.97 Å². The van der Waals surface area contributed by atoms with Crippen molar-refractivity contribution in [3.63, 3.8) is 0 Å². The summed E-state index contributed by atoms with van der Waals surface area (Å²) in [6, 6.07) is 66.3. The van der Waals surface area contributed by atoms with Gasteiger partial charge in [0.15, 0.2) is 5.82 Å². The first-order chi connectivity index (χ1) is 29.0. The van der Waals surface area contributed by atoms with Crippen molar-refractivity contribution >= 4 is 76.2 Å². The van der Waals surface area contributed by atoms with Gasteiger partial charge in [-0.2, -0.15) is 0 Å². The smallest absolute Gasteiger partial charge is 0.165 e. The maximum Gasteiger partial charge on any atom is 0.165 e. The van der Waals surface area contributed by atoms with Crippen LogP contribution in [0.15, 0.2) is 182 Å². The number of rotatable bonds is 3. The molecule has 276 valence electrons. The predicted molar refractivity (Wildman–Crippen MR) is 246 cm³/mol. The molecule has 3 heterocycles. The molecule has 0 radical (unpaired) electrons. The standard InChI is InChI=1S/C55H36N4/c1-55(2)44-22-9-7-18-38(44)40-20-13-21-42(52(40)55)53-54(57-46-24-11-10-23-45(46)56-53)59-48-29-26-33-14-5-6-17-37(33)51(48)41-28-27-36(32-50(41)59)58-47-25-12-8-19-39(47)43-30-34-15-3-4-16-35(34)31-49(43)58/h3-32H,1-2H3. The quantitative estimate of drug-likeness (QED) is 0.180. The molecule has 3 aromatic heterocycles. The Morgan fingerprint density at radius 2 is 1.07 bits per heavy atom. The average Bonchev–Trinajstić information content (AvgIpc) is 3.87. The summed E-state index contributed by atoms with van der Waals surface area (Å²) in [6.07, 6.45) is 0. The molecular formula is C55H36N4. The molecule has 59 heavy (non-hydrogen) atoms. The van der Waals surface area contributed by atoms with E-state index in [0.717, 1.165) is 44.8 Å². The second kappa shape index (κ2) is 11.7. The zero-order chi connectivity index (χ0) is 39.0. The minimum absolute atomic E-state index is 0.238. The van der Waals surface area contributed by atoms with E-state index in [1.165, 1.54) is 76.4 Å². The van der Waals surface area contributed by atoms with Crippen LogP contribution in [0.2, 0.25) is 0 Å². The maximum absolute atomic E-state index is 5.62. The summed E-state index contributed by atoms with van der Waals surface area (Å²) in [5, 5.41) is 9.77. The fourth-order valence-corrected chi connectivity index (χ4v) is 10.4. The van der Waals surface area contributed by atoms with Gasteiger partial charge in [-0.05, 0) is 92.3 Å². The summed E-state index contributed by atoms with van der Waals surface area (Å²) < 4.78 is 4.83. The van der Waals surface area contributed by atoms with Crippen molar-refractivity contribution in [2.45, 2.75) is 19.3 Å². The van der Waals surface area contributed by atoms with Crippen LogP contribution >= 0.6 is 0 Å². The lowest BCUT2D eigenvalue weighted by atomic mass is 9.79. The zero-order valence-electron chi connectivity index (χ0n) is 32.6. The van der Waals surface area contributed by atoms with Gasteiger partial charge in [0, 0.05) is 38.2 Å². The van der Waals surface area contributed by atoms with E-state index in [-0.39, 0.29) is 5.41 Å². The van der Waals surface area contributed by atoms with Crippen molar-refractivity contribution in [2.24, 2.45) is 0 Å². The van der Waals surface area contributed by atoms with Crippen LogP contribution in [0.5, 0.6) is 0 Å². The van der Waals surface area contributed by atoms with Crippen molar-refractivity contribution in [2.75, 3.05) is 0 Å². The van der Waals surface area contributed by atoms with Crippen LogP contribution in [0.4, 0.5) is 0 Å². The van der Waals surface area contributed by atoms with Gasteiger partial charge in [0.1, 0.15) is 5.69 Å². The third-order valence-corrected chi connectivity index (χ3v) is 13.0. The van der Waals surface area contributed by atoms with Gasteiger partial charge in [-0.3, -0.25) is 4.57 Å². The van der Waals surface area contributed by atoms with Gasteiger partial charge in [0.2, 0.25) is 0 Å². The minimum Gasteiger partial charge on any atom is -0.309 e. The summed E-state index contributed by atoms with van der Waals surface area (Å²) in [4.78, 5) is 11.2. The van der Waals surface area contributed by atoms with Crippen molar-refractivity contribution in [1.82, 2.24) is 19.1 Å². The van der Waals surface area contributed by atoms with Crippen LogP contribution in [0.3, 0.4) is 0 Å². The lowest BCUT2D eigenvalue weighted by molar-refractivity contribution is 0.661. The molecule has 0 fully saturated rings. The highest BCUT2D eigenvalue weighted by Gasteiger charge is 2.38. The van der Waals surface area contributed by atoms with Crippen LogP contribution < -0.4 is 0 Å². The lowest BCUT2D eigenvalue weighted by Gasteiger charge is -2.25. The number of hydrogen-bond donors (Lipinski definition) is 0. The molecule has 13 rings (SSSR count). The molecule has 0 atom stereocenters. The minimum atomic E-state index is -0.238. The van der Waals surface area contributed by atoms with Gasteiger partial charge in [0.05, 0.1) is 33.1 Å². The lowest BCUT2D eigenvalue weighted by Crippen LogP contribution is -2.17. The summed E-state index contributed by atoms with van der Waals surface area (Å²) in [5.74, 6) is 0.824. The van der Waals surface area contributed by atoms with Crippen LogP contribution in [0.25, 0.3) is 110 Å². The Labute approximate surface area is 340 Å². The monoisotopic (exact) mass is 752 g/mol. The van der Waals surface area contributed by atoms with Crippen molar-refractivity contribution in [3.05, 3.63) is 193 Å². The van der Waals surface area contributed by atoms with Gasteiger partial charge in [-0.15, -0.1) is 0 Å². The Balaban J connectivity index is 1.17. The average molecular weight is 753 g/mol. The predicted octanol–water partition coefficient (Wildman–Crippen LogP) is 14.1. The van der Waals surface area contributed by atoms with E-state index in [2.05, 4.69) is 205 Å². The fraction of sp³-hybridized carbons (Fsp3) is 0.0545. The summed E-state index contributed by atoms with van der Waals surface area (Å²) in [5.41, 5.74) is 14.3. The molecule has 0 amide bonds. The third kappa shape index (κ3) is 4.43. The number of aromatic nitrogens is 4. The number of nitrogens with zero attached hydrogens (tertiary/aromatic N) is 4. The van der Waals surface area contributed by atoms with Crippen molar-refractivity contribution in [1.29, 1.82) is 0 Å². The zero-order valence-corrected chi connectivity index (χ0v) is 32.6. The largest absolute Gasteiger partial charge is 0.309 e. The molecule has 0 bridgehead atoms. The normalized spacial score (nSPS) is 13.4. The Hall–Kier alpha value is -7.56. The van der Waals surface area contributed by atoms with Crippen molar-refractivity contribution < 1.29 is 0 Å². The first-order valence-corrected chi connectivity index (χ1v) is 20.4. The fourth-order valence-electron chi connectivity index (χ4n) is 10.4. The second-order valence-electron chi connectivity index (χ2n) is 16.6. The highest BCUT2D eigenvalue weighted by molar-refractivity contribution is 6.22. The van der Waals surface area contributed by atoms with E-state index in [0.29, 0.717) is 0 Å². The Morgan fingerprint density at radius 3 is 1.93 bits per heavy atom. The first-order valence-electron chi connectivity index (χ1n) is 20.4. The molecule has 12 aromatic rings. The number of hydrogen-bond acceptors (Lipinski definition) is 2. The van der Waals surface area contributed by atoms with Crippen LogP contribution in [-0.2, 0) is 5.41 Å². The molecule has 0 aliphatic heterocycles. The van der Waals surface area contributed by atoms with E-state index >= 15 is 0 Å². The van der Waals surface area contributed by atoms with Gasteiger partial charge >= 0.3 is 0 Å². The molecule has 4 heteroatoms. The third-order valence-electron chi connectivity index (χ3n) is 13.0. The van der Waals surface area contributed by atoms with Crippen LogP contribution in [0.1, 0.15) is 25.0 Å². The van der Waals surface area contributed by atoms with E-state index in [1.54, 1.807) is 0 Å². The maximum atomic E-state index is 5.62. The Morgan fingerprint density at radius 1 is 0.407 bits per heavy atom. The highest BCUT2D eigenvalue weighted by atomic mass is 15.1. The van der Waals surface area contributed by atoms with E-state index in [1.807, 2.05) is 0 Å². The van der Waals surface area contributed by atoms with E-state index in [4.69, 9.17) is 9.97 Å². The van der Waals surface area contributed by atoms with Gasteiger partial charge in [-0.1, -0.05) is 147 Å². The van der Waals surface area contributed by atoms with Crippen LogP contribution in [0, 0.1) is 0 Å². The van der Waals surface area contributed by atoms with E-state index < -0.39 is 0 Å². The number of fused-ring (bicyclic) bond motifs is 13. The van der Waals surface area contributed by atoms with Gasteiger partial charge < -0.3 is 4.57 Å². The Bertz CT molecular complexity index is 3770.